The molecule has 0 aliphatic heterocycles. The lowest BCUT2D eigenvalue weighted by Gasteiger charge is -2.24. The topological polar surface area (TPSA) is 64.6 Å². The number of hydrogen-bond acceptors (Lipinski definition) is 4. The standard InChI is InChI=1S/C16H31NO4/c1-8-12(4)13(14(18)20-9-11(2)3)17-15(19)21-10-16(5,6)7/h11-13H,8-10H2,1-7H3,(H,17,19). The first-order valence-corrected chi connectivity index (χ1v) is 7.66. The number of ether oxygens (including phenoxy) is 2. The van der Waals surface area contributed by atoms with Gasteiger partial charge in [0.2, 0.25) is 0 Å². The van der Waals surface area contributed by atoms with Crippen molar-refractivity contribution >= 4 is 12.1 Å². The van der Waals surface area contributed by atoms with Crippen LogP contribution in [0.15, 0.2) is 0 Å². The average Bonchev–Trinajstić information content (AvgIpc) is 2.38. The first-order chi connectivity index (χ1) is 9.56. The molecule has 0 rings (SSSR count). The van der Waals surface area contributed by atoms with Gasteiger partial charge in [0.05, 0.1) is 13.2 Å². The minimum atomic E-state index is -0.666. The third kappa shape index (κ3) is 9.32. The molecular weight excluding hydrogens is 270 g/mol. The molecule has 2 unspecified atom stereocenters. The normalized spacial score (nSPS) is 14.5. The van der Waals surface area contributed by atoms with E-state index in [2.05, 4.69) is 5.32 Å². The van der Waals surface area contributed by atoms with Crippen molar-refractivity contribution in [2.24, 2.45) is 17.3 Å². The van der Waals surface area contributed by atoms with Gasteiger partial charge in [0, 0.05) is 0 Å². The molecule has 0 aromatic rings. The average molecular weight is 301 g/mol. The number of esters is 1. The Hall–Kier alpha value is -1.26. The molecule has 124 valence electrons. The van der Waals surface area contributed by atoms with Crippen LogP contribution < -0.4 is 5.32 Å². The molecular formula is C16H31NO4. The Labute approximate surface area is 128 Å². The molecule has 0 saturated heterocycles. The predicted octanol–water partition coefficient (Wildman–Crippen LogP) is 3.37. The van der Waals surface area contributed by atoms with Gasteiger partial charge in [-0.2, -0.15) is 0 Å². The summed E-state index contributed by atoms with van der Waals surface area (Å²) in [6.45, 7) is 14.4. The van der Waals surface area contributed by atoms with E-state index in [0.29, 0.717) is 13.2 Å². The number of amides is 1. The number of rotatable bonds is 7. The van der Waals surface area contributed by atoms with E-state index in [9.17, 15) is 9.59 Å². The van der Waals surface area contributed by atoms with Gasteiger partial charge in [-0.1, -0.05) is 54.9 Å². The lowest BCUT2D eigenvalue weighted by Crippen LogP contribution is -2.46. The molecule has 5 nitrogen and oxygen atoms in total. The van der Waals surface area contributed by atoms with Crippen LogP contribution in [0.25, 0.3) is 0 Å². The third-order valence-electron chi connectivity index (χ3n) is 2.94. The lowest BCUT2D eigenvalue weighted by molar-refractivity contribution is -0.148. The van der Waals surface area contributed by atoms with Crippen LogP contribution >= 0.6 is 0 Å². The van der Waals surface area contributed by atoms with Gasteiger partial charge in [-0.05, 0) is 17.3 Å². The molecule has 1 N–H and O–H groups in total. The van der Waals surface area contributed by atoms with E-state index in [1.807, 2.05) is 48.5 Å². The van der Waals surface area contributed by atoms with Gasteiger partial charge in [0.15, 0.2) is 0 Å². The zero-order chi connectivity index (χ0) is 16.6. The second-order valence-corrected chi connectivity index (χ2v) is 7.17. The van der Waals surface area contributed by atoms with Crippen molar-refractivity contribution < 1.29 is 19.1 Å². The van der Waals surface area contributed by atoms with Crippen LogP contribution in [-0.4, -0.2) is 31.3 Å². The Morgan fingerprint density at radius 3 is 2.10 bits per heavy atom. The number of nitrogens with one attached hydrogen (secondary N) is 1. The molecule has 0 fully saturated rings. The Bertz CT molecular complexity index is 334. The molecule has 2 atom stereocenters. The fourth-order valence-corrected chi connectivity index (χ4v) is 1.46. The van der Waals surface area contributed by atoms with Gasteiger partial charge in [-0.15, -0.1) is 0 Å². The summed E-state index contributed by atoms with van der Waals surface area (Å²) in [5, 5.41) is 2.63. The summed E-state index contributed by atoms with van der Waals surface area (Å²) in [6.07, 6.45) is 0.192. The summed E-state index contributed by atoms with van der Waals surface area (Å²) in [7, 11) is 0. The maximum atomic E-state index is 12.1. The SMILES string of the molecule is CCC(C)C(NC(=O)OCC(C)(C)C)C(=O)OCC(C)C. The monoisotopic (exact) mass is 301 g/mol. The molecule has 1 amide bonds. The van der Waals surface area contributed by atoms with Crippen molar-refractivity contribution in [1.29, 1.82) is 0 Å². The largest absolute Gasteiger partial charge is 0.464 e. The van der Waals surface area contributed by atoms with Gasteiger partial charge in [0.25, 0.3) is 0 Å². The summed E-state index contributed by atoms with van der Waals surface area (Å²) in [5.74, 6) is -0.142. The third-order valence-corrected chi connectivity index (χ3v) is 2.94. The van der Waals surface area contributed by atoms with E-state index in [-0.39, 0.29) is 17.3 Å². The van der Waals surface area contributed by atoms with Crippen LogP contribution in [0.3, 0.4) is 0 Å². The number of alkyl carbamates (subject to hydrolysis) is 1. The van der Waals surface area contributed by atoms with Crippen molar-refractivity contribution in [3.05, 3.63) is 0 Å². The second kappa shape index (κ2) is 8.90. The van der Waals surface area contributed by atoms with E-state index >= 15 is 0 Å². The second-order valence-electron chi connectivity index (χ2n) is 7.17. The highest BCUT2D eigenvalue weighted by atomic mass is 16.6. The highest BCUT2D eigenvalue weighted by Gasteiger charge is 2.28. The minimum absolute atomic E-state index is 0.00755. The van der Waals surface area contributed by atoms with Gasteiger partial charge in [-0.25, -0.2) is 9.59 Å². The number of carbonyl (C=O) groups is 2. The maximum Gasteiger partial charge on any atom is 0.407 e. The van der Waals surface area contributed by atoms with Crippen molar-refractivity contribution in [1.82, 2.24) is 5.32 Å². The fourth-order valence-electron chi connectivity index (χ4n) is 1.46. The Kier molecular flexibility index (Phi) is 8.37. The summed E-state index contributed by atoms with van der Waals surface area (Å²) in [6, 6.07) is -0.666. The van der Waals surface area contributed by atoms with Crippen molar-refractivity contribution in [3.8, 4) is 0 Å². The quantitative estimate of drug-likeness (QED) is 0.732. The molecule has 0 radical (unpaired) electrons. The van der Waals surface area contributed by atoms with Crippen LogP contribution in [0.5, 0.6) is 0 Å². The van der Waals surface area contributed by atoms with E-state index in [4.69, 9.17) is 9.47 Å². The van der Waals surface area contributed by atoms with Crippen molar-refractivity contribution in [2.75, 3.05) is 13.2 Å². The van der Waals surface area contributed by atoms with E-state index < -0.39 is 18.1 Å². The molecule has 0 saturated carbocycles. The van der Waals surface area contributed by atoms with Gasteiger partial charge < -0.3 is 14.8 Å². The highest BCUT2D eigenvalue weighted by molar-refractivity contribution is 5.81. The van der Waals surface area contributed by atoms with Crippen LogP contribution in [0.2, 0.25) is 0 Å². The Morgan fingerprint density at radius 1 is 1.10 bits per heavy atom. The zero-order valence-corrected chi connectivity index (χ0v) is 14.5. The molecule has 0 spiro atoms. The maximum absolute atomic E-state index is 12.1. The van der Waals surface area contributed by atoms with E-state index in [1.165, 1.54) is 0 Å². The molecule has 0 aliphatic rings. The van der Waals surface area contributed by atoms with Crippen LogP contribution in [0, 0.1) is 17.3 Å². The molecule has 0 bridgehead atoms. The van der Waals surface area contributed by atoms with Crippen molar-refractivity contribution in [2.45, 2.75) is 60.9 Å². The summed E-state index contributed by atoms with van der Waals surface area (Å²) < 4.78 is 10.4. The Morgan fingerprint density at radius 2 is 1.67 bits per heavy atom. The zero-order valence-electron chi connectivity index (χ0n) is 14.5. The molecule has 0 aliphatic carbocycles. The van der Waals surface area contributed by atoms with E-state index in [0.717, 1.165) is 6.42 Å². The molecule has 0 aromatic heterocycles. The summed E-state index contributed by atoms with van der Waals surface area (Å²) in [5.41, 5.74) is -0.110. The van der Waals surface area contributed by atoms with Crippen LogP contribution in [0.1, 0.15) is 54.9 Å². The number of carbonyl (C=O) groups excluding carboxylic acids is 2. The van der Waals surface area contributed by atoms with Crippen LogP contribution in [0.4, 0.5) is 4.79 Å². The first-order valence-electron chi connectivity index (χ1n) is 7.66. The predicted molar refractivity (Wildman–Crippen MR) is 83.0 cm³/mol. The number of hydrogen-bond donors (Lipinski definition) is 1. The highest BCUT2D eigenvalue weighted by Crippen LogP contribution is 2.14. The summed E-state index contributed by atoms with van der Waals surface area (Å²) >= 11 is 0. The molecule has 0 aromatic carbocycles. The molecule has 21 heavy (non-hydrogen) atoms. The first kappa shape index (κ1) is 19.7. The van der Waals surface area contributed by atoms with Crippen molar-refractivity contribution in [3.63, 3.8) is 0 Å². The minimum Gasteiger partial charge on any atom is -0.464 e. The lowest BCUT2D eigenvalue weighted by atomic mass is 9.98. The van der Waals surface area contributed by atoms with E-state index in [1.54, 1.807) is 0 Å². The van der Waals surface area contributed by atoms with Crippen LogP contribution in [-0.2, 0) is 14.3 Å². The van der Waals surface area contributed by atoms with Gasteiger partial charge >= 0.3 is 12.1 Å². The summed E-state index contributed by atoms with van der Waals surface area (Å²) in [4.78, 5) is 23.9. The fraction of sp³-hybridized carbons (Fsp3) is 0.875. The van der Waals surface area contributed by atoms with Gasteiger partial charge in [-0.3, -0.25) is 0 Å². The molecule has 0 heterocycles. The smallest absolute Gasteiger partial charge is 0.407 e. The molecule has 5 heteroatoms. The Balaban J connectivity index is 4.55. The van der Waals surface area contributed by atoms with Gasteiger partial charge in [0.1, 0.15) is 6.04 Å².